The summed E-state index contributed by atoms with van der Waals surface area (Å²) in [6, 6.07) is 34.9. The monoisotopic (exact) mass is 556 g/mol. The summed E-state index contributed by atoms with van der Waals surface area (Å²) in [7, 11) is -2.09. The van der Waals surface area contributed by atoms with Gasteiger partial charge in [0.25, 0.3) is 8.32 Å². The first-order valence-electron chi connectivity index (χ1n) is 14.9. The Bertz CT molecular complexity index is 1860. The lowest BCUT2D eigenvalue weighted by Gasteiger charge is -2.37. The number of fused-ring (bicyclic) bond motifs is 6. The fraction of sp³-hybridized carbons (Fsp3) is 0.270. The summed E-state index contributed by atoms with van der Waals surface area (Å²) < 4.78 is 9.33. The molecule has 0 radical (unpaired) electrons. The van der Waals surface area contributed by atoms with E-state index < -0.39 is 8.32 Å². The second kappa shape index (κ2) is 10.5. The molecule has 3 nitrogen and oxygen atoms in total. The third kappa shape index (κ3) is 4.85. The van der Waals surface area contributed by atoms with Crippen LogP contribution < -0.4 is 4.43 Å². The molecule has 6 rings (SSSR count). The summed E-state index contributed by atoms with van der Waals surface area (Å²) in [5.74, 6) is 1.82. The fourth-order valence-electron chi connectivity index (χ4n) is 5.50. The highest BCUT2D eigenvalue weighted by Crippen LogP contribution is 2.43. The number of imidazole rings is 1. The van der Waals surface area contributed by atoms with Crippen LogP contribution in [0.3, 0.4) is 0 Å². The van der Waals surface area contributed by atoms with Gasteiger partial charge < -0.3 is 4.43 Å². The number of aromatic nitrogens is 2. The van der Waals surface area contributed by atoms with Gasteiger partial charge in [-0.1, -0.05) is 107 Å². The molecule has 1 aromatic heterocycles. The Labute approximate surface area is 244 Å². The van der Waals surface area contributed by atoms with Crippen molar-refractivity contribution < 1.29 is 4.43 Å². The molecule has 0 aliphatic heterocycles. The van der Waals surface area contributed by atoms with Crippen LogP contribution in [0.2, 0.25) is 18.1 Å². The van der Waals surface area contributed by atoms with Gasteiger partial charge >= 0.3 is 0 Å². The third-order valence-electron chi connectivity index (χ3n) is 8.84. The minimum Gasteiger partial charge on any atom is -0.543 e. The lowest BCUT2D eigenvalue weighted by Crippen LogP contribution is -2.44. The van der Waals surface area contributed by atoms with Crippen molar-refractivity contribution in [2.45, 2.75) is 65.1 Å². The zero-order valence-electron chi connectivity index (χ0n) is 25.2. The smallest absolute Gasteiger partial charge is 0.250 e. The molecule has 0 saturated heterocycles. The van der Waals surface area contributed by atoms with E-state index in [-0.39, 0.29) is 5.04 Å². The first-order valence-corrected chi connectivity index (χ1v) is 17.8. The first kappa shape index (κ1) is 27.3. The second-order valence-electron chi connectivity index (χ2n) is 12.7. The van der Waals surface area contributed by atoms with E-state index >= 15 is 0 Å². The molecule has 41 heavy (non-hydrogen) atoms. The van der Waals surface area contributed by atoms with Crippen molar-refractivity contribution in [3.63, 3.8) is 0 Å². The lowest BCUT2D eigenvalue weighted by atomic mass is 10.00. The average Bonchev–Trinajstić information content (AvgIpc) is 3.37. The molecule has 208 valence electrons. The van der Waals surface area contributed by atoms with Crippen LogP contribution in [-0.2, 0) is 6.42 Å². The third-order valence-corrected chi connectivity index (χ3v) is 13.2. The van der Waals surface area contributed by atoms with E-state index in [2.05, 4.69) is 142 Å². The molecule has 0 unspecified atom stereocenters. The van der Waals surface area contributed by atoms with Gasteiger partial charge in [0.1, 0.15) is 11.6 Å². The van der Waals surface area contributed by atoms with Crippen molar-refractivity contribution in [1.82, 2.24) is 9.55 Å². The summed E-state index contributed by atoms with van der Waals surface area (Å²) in [5, 5.41) is 4.93. The number of unbranched alkanes of at least 4 members (excludes halogenated alkanes) is 1. The SMILES string of the molecule is CCCCc1ccc(-n2c(-c3ccccc3O[Si](C)(C)C(C)(C)C)nc3c4ccccc4c4ccccc4c32)cc1. The standard InChI is InChI=1S/C37H40N2OSi/c1-7-8-15-26-22-24-27(25-23-26)39-35-31-19-12-10-17-29(31)28-16-9-11-18-30(28)34(35)38-36(39)32-20-13-14-21-33(32)40-41(5,6)37(2,3)4/h9-14,16-25H,7-8,15H2,1-6H3. The van der Waals surface area contributed by atoms with E-state index in [1.165, 1.54) is 39.9 Å². The van der Waals surface area contributed by atoms with Crippen LogP contribution in [0.1, 0.15) is 46.1 Å². The summed E-state index contributed by atoms with van der Waals surface area (Å²) in [6.45, 7) is 13.7. The van der Waals surface area contributed by atoms with Crippen molar-refractivity contribution in [2.75, 3.05) is 0 Å². The number of aryl methyl sites for hydroxylation is 1. The number of para-hydroxylation sites is 1. The highest BCUT2D eigenvalue weighted by molar-refractivity contribution is 6.74. The molecular formula is C37H40N2OSi. The van der Waals surface area contributed by atoms with Gasteiger partial charge in [-0.05, 0) is 71.6 Å². The Morgan fingerprint density at radius 2 is 1.32 bits per heavy atom. The molecule has 0 saturated carbocycles. The van der Waals surface area contributed by atoms with Crippen LogP contribution >= 0.6 is 0 Å². The predicted octanol–water partition coefficient (Wildman–Crippen LogP) is 10.7. The van der Waals surface area contributed by atoms with Gasteiger partial charge in [-0.25, -0.2) is 4.98 Å². The van der Waals surface area contributed by atoms with Gasteiger partial charge in [0.05, 0.1) is 16.6 Å². The largest absolute Gasteiger partial charge is 0.543 e. The van der Waals surface area contributed by atoms with Gasteiger partial charge in [-0.3, -0.25) is 4.57 Å². The molecule has 4 heteroatoms. The Morgan fingerprint density at radius 3 is 1.98 bits per heavy atom. The van der Waals surface area contributed by atoms with Crippen LogP contribution in [-0.4, -0.2) is 17.9 Å². The maximum Gasteiger partial charge on any atom is 0.250 e. The van der Waals surface area contributed by atoms with Crippen LogP contribution in [0, 0.1) is 0 Å². The highest BCUT2D eigenvalue weighted by atomic mass is 28.4. The fourth-order valence-corrected chi connectivity index (χ4v) is 6.53. The molecule has 0 fully saturated rings. The number of hydrogen-bond acceptors (Lipinski definition) is 2. The van der Waals surface area contributed by atoms with Crippen molar-refractivity contribution >= 4 is 40.9 Å². The normalized spacial score (nSPS) is 12.4. The minimum atomic E-state index is -2.09. The van der Waals surface area contributed by atoms with Crippen LogP contribution in [0.25, 0.3) is 49.7 Å². The summed E-state index contributed by atoms with van der Waals surface area (Å²) in [5.41, 5.74) is 5.67. The van der Waals surface area contributed by atoms with Crippen LogP contribution in [0.5, 0.6) is 5.75 Å². The van der Waals surface area contributed by atoms with Gasteiger partial charge in [0, 0.05) is 16.5 Å². The molecule has 0 amide bonds. The van der Waals surface area contributed by atoms with Crippen LogP contribution in [0.15, 0.2) is 97.1 Å². The molecular weight excluding hydrogens is 517 g/mol. The van der Waals surface area contributed by atoms with Crippen LogP contribution in [0.4, 0.5) is 0 Å². The minimum absolute atomic E-state index is 0.0843. The zero-order chi connectivity index (χ0) is 28.8. The molecule has 0 bridgehead atoms. The maximum atomic E-state index is 6.96. The summed E-state index contributed by atoms with van der Waals surface area (Å²) in [6.07, 6.45) is 3.50. The molecule has 0 N–H and O–H groups in total. The quantitative estimate of drug-likeness (QED) is 0.144. The Morgan fingerprint density at radius 1 is 0.732 bits per heavy atom. The average molecular weight is 557 g/mol. The van der Waals surface area contributed by atoms with Crippen molar-refractivity contribution in [1.29, 1.82) is 0 Å². The Hall–Kier alpha value is -3.89. The van der Waals surface area contributed by atoms with E-state index in [9.17, 15) is 0 Å². The van der Waals surface area contributed by atoms with E-state index in [0.717, 1.165) is 40.3 Å². The molecule has 1 heterocycles. The summed E-state index contributed by atoms with van der Waals surface area (Å²) in [4.78, 5) is 5.46. The van der Waals surface area contributed by atoms with E-state index in [1.807, 2.05) is 0 Å². The molecule has 0 aliphatic carbocycles. The molecule has 0 atom stereocenters. The van der Waals surface area contributed by atoms with Crippen molar-refractivity contribution in [2.24, 2.45) is 0 Å². The van der Waals surface area contributed by atoms with Crippen molar-refractivity contribution in [3.8, 4) is 22.8 Å². The molecule has 5 aromatic carbocycles. The molecule has 0 spiro atoms. The number of rotatable bonds is 7. The van der Waals surface area contributed by atoms with E-state index in [4.69, 9.17) is 9.41 Å². The first-order chi connectivity index (χ1) is 19.7. The van der Waals surface area contributed by atoms with Gasteiger partial charge in [-0.15, -0.1) is 0 Å². The number of benzene rings is 5. The Balaban J connectivity index is 1.68. The molecule has 0 aliphatic rings. The van der Waals surface area contributed by atoms with E-state index in [1.54, 1.807) is 0 Å². The van der Waals surface area contributed by atoms with Gasteiger partial charge in [0.15, 0.2) is 0 Å². The Kier molecular flexibility index (Phi) is 6.99. The zero-order valence-corrected chi connectivity index (χ0v) is 26.2. The highest BCUT2D eigenvalue weighted by Gasteiger charge is 2.39. The second-order valence-corrected chi connectivity index (χ2v) is 17.4. The topological polar surface area (TPSA) is 27.1 Å². The van der Waals surface area contributed by atoms with Gasteiger partial charge in [0.2, 0.25) is 0 Å². The predicted molar refractivity (Wildman–Crippen MR) is 178 cm³/mol. The van der Waals surface area contributed by atoms with Crippen molar-refractivity contribution in [3.05, 3.63) is 103 Å². The molecule has 6 aromatic rings. The lowest BCUT2D eigenvalue weighted by molar-refractivity contribution is 0.493. The van der Waals surface area contributed by atoms with Gasteiger partial charge in [-0.2, -0.15) is 0 Å². The number of nitrogens with zero attached hydrogens (tertiary/aromatic N) is 2. The summed E-state index contributed by atoms with van der Waals surface area (Å²) >= 11 is 0. The maximum absolute atomic E-state index is 6.96. The number of hydrogen-bond donors (Lipinski definition) is 0. The van der Waals surface area contributed by atoms with E-state index in [0.29, 0.717) is 0 Å².